The molecule has 1 aromatic carbocycles. The van der Waals surface area contributed by atoms with Gasteiger partial charge in [-0.15, -0.1) is 0 Å². The molecule has 1 aromatic rings. The van der Waals surface area contributed by atoms with Crippen LogP contribution in [-0.4, -0.2) is 27.8 Å². The van der Waals surface area contributed by atoms with Crippen LogP contribution in [0.5, 0.6) is 0 Å². The van der Waals surface area contributed by atoms with Crippen LogP contribution in [-0.2, 0) is 4.79 Å². The predicted molar refractivity (Wildman–Crippen MR) is 63.3 cm³/mol. The van der Waals surface area contributed by atoms with E-state index in [1.807, 2.05) is 24.3 Å². The summed E-state index contributed by atoms with van der Waals surface area (Å²) in [5, 5.41) is 25.0. The van der Waals surface area contributed by atoms with Gasteiger partial charge in [-0.05, 0) is 18.6 Å². The average Bonchev–Trinajstić information content (AvgIpc) is 2.30. The number of nitrogens with zero attached hydrogens (tertiary/aromatic N) is 1. The van der Waals surface area contributed by atoms with Gasteiger partial charge in [0.15, 0.2) is 0 Å². The number of aliphatic hydroxyl groups is 1. The molecule has 94 valence electrons. The van der Waals surface area contributed by atoms with Crippen molar-refractivity contribution in [1.29, 1.82) is 5.26 Å². The molecular formula is C12H17NO4. The molecule has 0 saturated carbocycles. The summed E-state index contributed by atoms with van der Waals surface area (Å²) in [6.07, 6.45) is -0.310. The van der Waals surface area contributed by atoms with Crippen LogP contribution in [0.2, 0.25) is 0 Å². The van der Waals surface area contributed by atoms with Crippen LogP contribution in [0.3, 0.4) is 0 Å². The molecule has 0 amide bonds. The minimum Gasteiger partial charge on any atom is -0.481 e. The van der Waals surface area contributed by atoms with E-state index in [1.165, 1.54) is 0 Å². The average molecular weight is 239 g/mol. The van der Waals surface area contributed by atoms with Gasteiger partial charge in [-0.2, -0.15) is 5.26 Å². The first-order valence-corrected chi connectivity index (χ1v) is 4.95. The van der Waals surface area contributed by atoms with Crippen molar-refractivity contribution >= 4 is 5.97 Å². The lowest BCUT2D eigenvalue weighted by molar-refractivity contribution is -0.139. The summed E-state index contributed by atoms with van der Waals surface area (Å²) in [4.78, 5) is 9.81. The first-order valence-electron chi connectivity index (χ1n) is 4.95. The normalized spacial score (nSPS) is 9.94. The summed E-state index contributed by atoms with van der Waals surface area (Å²) >= 11 is 0. The van der Waals surface area contributed by atoms with Gasteiger partial charge >= 0.3 is 5.97 Å². The number of carboxylic acid groups (broad SMARTS) is 1. The minimum absolute atomic E-state index is 0. The molecule has 0 aliphatic rings. The van der Waals surface area contributed by atoms with Crippen molar-refractivity contribution in [2.75, 3.05) is 0 Å². The molecule has 5 nitrogen and oxygen atoms in total. The molecular weight excluding hydrogens is 222 g/mol. The molecule has 17 heavy (non-hydrogen) atoms. The zero-order valence-electron chi connectivity index (χ0n) is 9.63. The van der Waals surface area contributed by atoms with E-state index >= 15 is 0 Å². The fourth-order valence-electron chi connectivity index (χ4n) is 0.859. The molecule has 1 rings (SSSR count). The highest BCUT2D eigenvalue weighted by atomic mass is 16.4. The van der Waals surface area contributed by atoms with Gasteiger partial charge in [-0.3, -0.25) is 4.79 Å². The Bertz CT molecular complexity index is 345. The molecule has 0 fully saturated rings. The van der Waals surface area contributed by atoms with Crippen LogP contribution < -0.4 is 0 Å². The molecule has 4 N–H and O–H groups in total. The summed E-state index contributed by atoms with van der Waals surface area (Å²) in [5.74, 6) is -0.945. The minimum atomic E-state index is -0.945. The summed E-state index contributed by atoms with van der Waals surface area (Å²) in [7, 11) is 0. The summed E-state index contributed by atoms with van der Waals surface area (Å²) in [6, 6.07) is 11.2. The lowest BCUT2D eigenvalue weighted by Gasteiger charge is -2.00. The van der Waals surface area contributed by atoms with E-state index < -0.39 is 12.1 Å². The van der Waals surface area contributed by atoms with E-state index in [2.05, 4.69) is 0 Å². The van der Waals surface area contributed by atoms with Gasteiger partial charge in [0.2, 0.25) is 0 Å². The Hall–Kier alpha value is -1.90. The number of aliphatic carboxylic acids is 1. The fraction of sp³-hybridized carbons (Fsp3) is 0.333. The highest BCUT2D eigenvalue weighted by molar-refractivity contribution is 5.67. The van der Waals surface area contributed by atoms with Crippen LogP contribution in [0.25, 0.3) is 0 Å². The lowest BCUT2D eigenvalue weighted by Crippen LogP contribution is -2.10. The molecule has 1 unspecified atom stereocenters. The maximum Gasteiger partial charge on any atom is 0.305 e. The number of hydrogen-bond donors (Lipinski definition) is 2. The van der Waals surface area contributed by atoms with Gasteiger partial charge in [0.1, 0.15) is 0 Å². The monoisotopic (exact) mass is 239 g/mol. The summed E-state index contributed by atoms with van der Waals surface area (Å²) < 4.78 is 0. The molecule has 0 saturated heterocycles. The van der Waals surface area contributed by atoms with Crippen LogP contribution in [0.1, 0.15) is 25.3 Å². The molecule has 0 heterocycles. The first kappa shape index (κ1) is 17.5. The van der Waals surface area contributed by atoms with Crippen LogP contribution in [0.4, 0.5) is 0 Å². The molecule has 0 aliphatic carbocycles. The number of aliphatic hydroxyl groups excluding tert-OH is 1. The predicted octanol–water partition coefficient (Wildman–Crippen LogP) is 0.966. The maximum absolute atomic E-state index is 9.81. The van der Waals surface area contributed by atoms with Crippen molar-refractivity contribution in [3.05, 3.63) is 35.9 Å². The third kappa shape index (κ3) is 10.4. The summed E-state index contributed by atoms with van der Waals surface area (Å²) in [5.41, 5.74) is 0.715. The molecule has 5 heteroatoms. The molecule has 0 aromatic heterocycles. The van der Waals surface area contributed by atoms with E-state index in [1.54, 1.807) is 19.1 Å². The lowest BCUT2D eigenvalue weighted by atomic mass is 10.2. The Balaban J connectivity index is 0. The Morgan fingerprint density at radius 1 is 1.41 bits per heavy atom. The number of rotatable bonds is 3. The van der Waals surface area contributed by atoms with E-state index in [0.29, 0.717) is 12.0 Å². The summed E-state index contributed by atoms with van der Waals surface area (Å²) in [6.45, 7) is 1.74. The highest BCUT2D eigenvalue weighted by Crippen LogP contribution is 1.94. The SMILES string of the molecule is CCC(O)CC(=O)O.N#Cc1ccccc1.O. The zero-order chi connectivity index (χ0) is 12.4. The number of nitriles is 1. The van der Waals surface area contributed by atoms with Gasteiger partial charge in [0.05, 0.1) is 24.2 Å². The van der Waals surface area contributed by atoms with Crippen LogP contribution >= 0.6 is 0 Å². The second kappa shape index (κ2) is 10.6. The molecule has 0 spiro atoms. The standard InChI is InChI=1S/C7H5N.C5H10O3.H2O/c8-6-7-4-2-1-3-5-7;1-2-4(6)3-5(7)8;/h1-5H;4,6H,2-3H2,1H3,(H,7,8);1H2. The van der Waals surface area contributed by atoms with E-state index in [-0.39, 0.29) is 11.9 Å². The van der Waals surface area contributed by atoms with Gasteiger partial charge in [-0.1, -0.05) is 25.1 Å². The van der Waals surface area contributed by atoms with Crippen molar-refractivity contribution in [2.24, 2.45) is 0 Å². The van der Waals surface area contributed by atoms with Gasteiger partial charge in [0, 0.05) is 0 Å². The third-order valence-corrected chi connectivity index (χ3v) is 1.78. The first-order chi connectivity index (χ1) is 7.60. The number of carbonyl (C=O) groups is 1. The largest absolute Gasteiger partial charge is 0.481 e. The van der Waals surface area contributed by atoms with Gasteiger partial charge in [-0.25, -0.2) is 0 Å². The molecule has 0 bridgehead atoms. The number of hydrogen-bond acceptors (Lipinski definition) is 3. The van der Waals surface area contributed by atoms with Crippen molar-refractivity contribution < 1.29 is 20.5 Å². The zero-order valence-corrected chi connectivity index (χ0v) is 9.63. The van der Waals surface area contributed by atoms with Crippen LogP contribution in [0.15, 0.2) is 30.3 Å². The number of benzene rings is 1. The van der Waals surface area contributed by atoms with Crippen molar-refractivity contribution in [2.45, 2.75) is 25.9 Å². The van der Waals surface area contributed by atoms with E-state index in [9.17, 15) is 4.79 Å². The second-order valence-corrected chi connectivity index (χ2v) is 3.14. The van der Waals surface area contributed by atoms with E-state index in [4.69, 9.17) is 15.5 Å². The van der Waals surface area contributed by atoms with Gasteiger partial charge in [0.25, 0.3) is 0 Å². The smallest absolute Gasteiger partial charge is 0.305 e. The van der Waals surface area contributed by atoms with Crippen LogP contribution in [0, 0.1) is 11.3 Å². The molecule has 0 aliphatic heterocycles. The van der Waals surface area contributed by atoms with Crippen molar-refractivity contribution in [1.82, 2.24) is 0 Å². The Kier molecular flexibility index (Phi) is 10.9. The van der Waals surface area contributed by atoms with Crippen molar-refractivity contribution in [3.8, 4) is 6.07 Å². The van der Waals surface area contributed by atoms with Crippen molar-refractivity contribution in [3.63, 3.8) is 0 Å². The fourth-order valence-corrected chi connectivity index (χ4v) is 0.859. The quantitative estimate of drug-likeness (QED) is 0.817. The van der Waals surface area contributed by atoms with E-state index in [0.717, 1.165) is 0 Å². The van der Waals surface area contributed by atoms with Gasteiger partial charge < -0.3 is 15.7 Å². The topological polar surface area (TPSA) is 113 Å². The maximum atomic E-state index is 9.81. The molecule has 1 atom stereocenters. The Labute approximate surface area is 100 Å². The Morgan fingerprint density at radius 3 is 2.18 bits per heavy atom. The second-order valence-electron chi connectivity index (χ2n) is 3.14. The Morgan fingerprint density at radius 2 is 1.94 bits per heavy atom. The highest BCUT2D eigenvalue weighted by Gasteiger charge is 2.04. The third-order valence-electron chi connectivity index (χ3n) is 1.78. The molecule has 0 radical (unpaired) electrons. The number of carboxylic acids is 1.